The second-order valence-electron chi connectivity index (χ2n) is 7.63. The van der Waals surface area contributed by atoms with Crippen LogP contribution in [-0.2, 0) is 20.8 Å². The Labute approximate surface area is 186 Å². The topological polar surface area (TPSA) is 87.7 Å². The van der Waals surface area contributed by atoms with Crippen molar-refractivity contribution >= 4 is 34.7 Å². The normalized spacial score (nSPS) is 13.8. The third-order valence-electron chi connectivity index (χ3n) is 5.31. The van der Waals surface area contributed by atoms with E-state index in [1.807, 2.05) is 31.2 Å². The molecule has 1 aliphatic rings. The number of rotatable bonds is 9. The molecule has 3 heterocycles. The van der Waals surface area contributed by atoms with Crippen molar-refractivity contribution in [3.63, 3.8) is 0 Å². The van der Waals surface area contributed by atoms with Crippen LogP contribution in [0.2, 0.25) is 0 Å². The summed E-state index contributed by atoms with van der Waals surface area (Å²) in [5.41, 5.74) is 0.734. The van der Waals surface area contributed by atoms with Gasteiger partial charge < -0.3 is 9.80 Å². The summed E-state index contributed by atoms with van der Waals surface area (Å²) in [7, 11) is 0. The fraction of sp³-hybridized carbons (Fsp3) is 0.435. The number of hydrogen-bond acceptors (Lipinski definition) is 6. The van der Waals surface area contributed by atoms with Crippen molar-refractivity contribution in [1.82, 2.24) is 14.8 Å². The van der Waals surface area contributed by atoms with Crippen LogP contribution in [0.4, 0.5) is 0 Å². The molecular formula is C23H27N3O4S. The second kappa shape index (κ2) is 10.9. The van der Waals surface area contributed by atoms with Crippen LogP contribution < -0.4 is 0 Å². The number of aryl methyl sites for hydroxylation is 1. The van der Waals surface area contributed by atoms with E-state index in [0.29, 0.717) is 31.1 Å². The van der Waals surface area contributed by atoms with Gasteiger partial charge in [-0.1, -0.05) is 6.07 Å². The molecule has 7 nitrogen and oxygen atoms in total. The maximum absolute atomic E-state index is 12.4. The molecule has 8 heteroatoms. The Morgan fingerprint density at radius 2 is 1.55 bits per heavy atom. The number of hydrogen-bond donors (Lipinski definition) is 0. The number of Topliss-reactive ketones (excluding diaryl/α,β-unsaturated/α-hetero) is 2. The Kier molecular flexibility index (Phi) is 8.06. The summed E-state index contributed by atoms with van der Waals surface area (Å²) >= 11 is 1.43. The van der Waals surface area contributed by atoms with Crippen LogP contribution in [-0.4, -0.2) is 64.3 Å². The molecule has 2 aromatic heterocycles. The summed E-state index contributed by atoms with van der Waals surface area (Å²) in [4.78, 5) is 58.4. The molecule has 1 fully saturated rings. The number of aromatic nitrogens is 1. The first-order chi connectivity index (χ1) is 14.9. The summed E-state index contributed by atoms with van der Waals surface area (Å²) in [6, 6.07) is 9.17. The Morgan fingerprint density at radius 1 is 0.871 bits per heavy atom. The van der Waals surface area contributed by atoms with Crippen LogP contribution in [0, 0.1) is 6.92 Å². The van der Waals surface area contributed by atoms with Gasteiger partial charge in [-0.15, -0.1) is 11.3 Å². The van der Waals surface area contributed by atoms with Gasteiger partial charge in [0, 0.05) is 68.6 Å². The molecule has 1 aliphatic heterocycles. The lowest BCUT2D eigenvalue weighted by atomic mass is 10.1. The molecule has 1 saturated heterocycles. The summed E-state index contributed by atoms with van der Waals surface area (Å²) in [6.45, 7) is 3.85. The maximum Gasteiger partial charge on any atom is 0.228 e. The monoisotopic (exact) mass is 441 g/mol. The van der Waals surface area contributed by atoms with E-state index in [4.69, 9.17) is 0 Å². The molecule has 2 amide bonds. The number of thiophene rings is 1. The van der Waals surface area contributed by atoms with Crippen molar-refractivity contribution in [2.75, 3.05) is 26.2 Å². The van der Waals surface area contributed by atoms with E-state index in [9.17, 15) is 19.2 Å². The molecular weight excluding hydrogens is 414 g/mol. The van der Waals surface area contributed by atoms with Crippen molar-refractivity contribution in [3.8, 4) is 0 Å². The molecule has 0 atom stereocenters. The quantitative estimate of drug-likeness (QED) is 0.559. The van der Waals surface area contributed by atoms with Gasteiger partial charge >= 0.3 is 0 Å². The molecule has 0 spiro atoms. The van der Waals surface area contributed by atoms with Crippen molar-refractivity contribution in [1.29, 1.82) is 0 Å². The number of carbonyl (C=O) groups is 4. The van der Waals surface area contributed by atoms with E-state index in [1.165, 1.54) is 11.3 Å². The average Bonchev–Trinajstić information content (AvgIpc) is 3.23. The largest absolute Gasteiger partial charge is 0.339 e. The highest BCUT2D eigenvalue weighted by Gasteiger charge is 2.24. The van der Waals surface area contributed by atoms with Crippen molar-refractivity contribution in [2.24, 2.45) is 0 Å². The van der Waals surface area contributed by atoms with Gasteiger partial charge in [0.05, 0.1) is 11.3 Å². The van der Waals surface area contributed by atoms with Crippen LogP contribution in [0.25, 0.3) is 0 Å². The van der Waals surface area contributed by atoms with E-state index >= 15 is 0 Å². The summed E-state index contributed by atoms with van der Waals surface area (Å²) < 4.78 is 0. The zero-order chi connectivity index (χ0) is 22.2. The van der Waals surface area contributed by atoms with Gasteiger partial charge in [0.25, 0.3) is 0 Å². The molecule has 2 aromatic rings. The van der Waals surface area contributed by atoms with E-state index < -0.39 is 0 Å². The smallest absolute Gasteiger partial charge is 0.228 e. The summed E-state index contributed by atoms with van der Waals surface area (Å²) in [5.74, 6) is -0.166. The Morgan fingerprint density at radius 3 is 2.16 bits per heavy atom. The van der Waals surface area contributed by atoms with E-state index in [-0.39, 0.29) is 55.5 Å². The maximum atomic E-state index is 12.4. The first-order valence-corrected chi connectivity index (χ1v) is 11.3. The van der Waals surface area contributed by atoms with Gasteiger partial charge in [0.2, 0.25) is 11.8 Å². The number of nitrogens with zero attached hydrogens (tertiary/aromatic N) is 3. The van der Waals surface area contributed by atoms with E-state index in [2.05, 4.69) is 4.98 Å². The van der Waals surface area contributed by atoms with Crippen molar-refractivity contribution in [3.05, 3.63) is 52.0 Å². The number of pyridine rings is 1. The predicted molar refractivity (Wildman–Crippen MR) is 118 cm³/mol. The van der Waals surface area contributed by atoms with Crippen LogP contribution in [0.1, 0.15) is 45.9 Å². The highest BCUT2D eigenvalue weighted by Crippen LogP contribution is 2.18. The molecule has 0 bridgehead atoms. The summed E-state index contributed by atoms with van der Waals surface area (Å²) in [5, 5.41) is 0. The zero-order valence-corrected chi connectivity index (χ0v) is 18.5. The highest BCUT2D eigenvalue weighted by atomic mass is 32.1. The lowest BCUT2D eigenvalue weighted by Gasteiger charge is -2.34. The molecule has 0 aromatic carbocycles. The first-order valence-electron chi connectivity index (χ1n) is 10.5. The van der Waals surface area contributed by atoms with Crippen molar-refractivity contribution < 1.29 is 19.2 Å². The molecule has 0 saturated carbocycles. The number of carbonyl (C=O) groups excluding carboxylic acids is 4. The predicted octanol–water partition coefficient (Wildman–Crippen LogP) is 2.68. The van der Waals surface area contributed by atoms with Gasteiger partial charge in [0.15, 0.2) is 5.78 Å². The molecule has 0 unspecified atom stereocenters. The molecule has 164 valence electrons. The van der Waals surface area contributed by atoms with E-state index in [1.54, 1.807) is 22.1 Å². The number of ketones is 2. The minimum absolute atomic E-state index is 0.00609. The van der Waals surface area contributed by atoms with E-state index in [0.717, 1.165) is 10.6 Å². The van der Waals surface area contributed by atoms with Gasteiger partial charge in [-0.25, -0.2) is 0 Å². The fourth-order valence-electron chi connectivity index (χ4n) is 3.46. The van der Waals surface area contributed by atoms with Crippen LogP contribution in [0.3, 0.4) is 0 Å². The Hall–Kier alpha value is -2.87. The van der Waals surface area contributed by atoms with Gasteiger partial charge in [0.1, 0.15) is 5.78 Å². The standard InChI is InChI=1S/C23H27N3O4S/c1-17-5-9-21(31-17)20(28)8-6-19(27)7-10-22(29)25-12-14-26(15-13-25)23(30)16-18-4-2-3-11-24-18/h2-5,9,11H,6-8,10,12-16H2,1H3. The highest BCUT2D eigenvalue weighted by molar-refractivity contribution is 7.14. The molecule has 0 radical (unpaired) electrons. The molecule has 3 rings (SSSR count). The minimum Gasteiger partial charge on any atom is -0.339 e. The average molecular weight is 442 g/mol. The zero-order valence-electron chi connectivity index (χ0n) is 17.7. The third kappa shape index (κ3) is 6.82. The number of piperazine rings is 1. The van der Waals surface area contributed by atoms with Gasteiger partial charge in [-0.2, -0.15) is 0 Å². The number of amides is 2. The lowest BCUT2D eigenvalue weighted by Crippen LogP contribution is -2.51. The fourth-order valence-corrected chi connectivity index (χ4v) is 4.30. The lowest BCUT2D eigenvalue weighted by molar-refractivity contribution is -0.139. The minimum atomic E-state index is -0.0783. The molecule has 31 heavy (non-hydrogen) atoms. The Bertz CT molecular complexity index is 933. The summed E-state index contributed by atoms with van der Waals surface area (Å²) in [6.07, 6.45) is 2.57. The Balaban J connectivity index is 1.34. The first kappa shape index (κ1) is 22.8. The van der Waals surface area contributed by atoms with Crippen molar-refractivity contribution in [2.45, 2.75) is 39.0 Å². The second-order valence-corrected chi connectivity index (χ2v) is 8.92. The SMILES string of the molecule is Cc1ccc(C(=O)CCC(=O)CCC(=O)N2CCN(C(=O)Cc3ccccn3)CC2)s1. The van der Waals surface area contributed by atoms with Crippen LogP contribution in [0.15, 0.2) is 36.5 Å². The van der Waals surface area contributed by atoms with Gasteiger partial charge in [-0.05, 0) is 31.2 Å². The molecule has 0 N–H and O–H groups in total. The van der Waals surface area contributed by atoms with Crippen LogP contribution >= 0.6 is 11.3 Å². The van der Waals surface area contributed by atoms with Gasteiger partial charge in [-0.3, -0.25) is 24.2 Å². The third-order valence-corrected chi connectivity index (χ3v) is 6.35. The van der Waals surface area contributed by atoms with Crippen LogP contribution in [0.5, 0.6) is 0 Å². The molecule has 0 aliphatic carbocycles.